The molecule has 7 nitrogen and oxygen atoms in total. The van der Waals surface area contributed by atoms with Crippen LogP contribution in [0.5, 0.6) is 0 Å². The number of benzene rings is 2. The Hall–Kier alpha value is -3.00. The third-order valence-corrected chi connectivity index (χ3v) is 6.57. The summed E-state index contributed by atoms with van der Waals surface area (Å²) in [5.74, 6) is 0.621. The molecule has 7 heteroatoms. The summed E-state index contributed by atoms with van der Waals surface area (Å²) >= 11 is 0. The van der Waals surface area contributed by atoms with Crippen molar-refractivity contribution in [3.05, 3.63) is 78.5 Å². The number of aliphatic hydroxyl groups excluding tert-OH is 1. The minimum absolute atomic E-state index is 0.0105. The molecule has 3 heterocycles. The van der Waals surface area contributed by atoms with Crippen molar-refractivity contribution in [2.24, 2.45) is 5.92 Å². The highest BCUT2D eigenvalue weighted by Gasteiger charge is 2.23. The molecule has 0 bridgehead atoms. The average Bonchev–Trinajstić information content (AvgIpc) is 3.60. The molecular formula is C25H30N6O. The molecule has 166 valence electrons. The van der Waals surface area contributed by atoms with Gasteiger partial charge in [-0.05, 0) is 61.2 Å². The Kier molecular flexibility index (Phi) is 6.29. The Morgan fingerprint density at radius 3 is 2.78 bits per heavy atom. The number of nitrogens with one attached hydrogen (secondary N) is 2. The van der Waals surface area contributed by atoms with E-state index in [2.05, 4.69) is 61.9 Å². The van der Waals surface area contributed by atoms with Crippen molar-refractivity contribution in [1.82, 2.24) is 30.0 Å². The molecule has 5 rings (SSSR count). The molecule has 0 amide bonds. The van der Waals surface area contributed by atoms with E-state index in [9.17, 15) is 5.11 Å². The van der Waals surface area contributed by atoms with Gasteiger partial charge in [-0.3, -0.25) is 4.57 Å². The van der Waals surface area contributed by atoms with Crippen molar-refractivity contribution < 1.29 is 5.11 Å². The highest BCUT2D eigenvalue weighted by molar-refractivity contribution is 5.85. The summed E-state index contributed by atoms with van der Waals surface area (Å²) in [7, 11) is 0. The molecule has 0 saturated carbocycles. The van der Waals surface area contributed by atoms with Crippen LogP contribution in [0.3, 0.4) is 0 Å². The number of fused-ring (bicyclic) bond motifs is 1. The van der Waals surface area contributed by atoms with Gasteiger partial charge in [0.2, 0.25) is 0 Å². The lowest BCUT2D eigenvalue weighted by Gasteiger charge is -2.20. The molecule has 0 aliphatic carbocycles. The highest BCUT2D eigenvalue weighted by Crippen LogP contribution is 2.24. The fourth-order valence-corrected chi connectivity index (χ4v) is 4.71. The minimum atomic E-state index is 0.0105. The molecule has 2 aromatic carbocycles. The zero-order chi connectivity index (χ0) is 21.8. The number of rotatable bonds is 9. The molecule has 2 aromatic heterocycles. The topological polar surface area (TPSA) is 82.0 Å². The Morgan fingerprint density at radius 2 is 1.97 bits per heavy atom. The number of aromatic amines is 1. The van der Waals surface area contributed by atoms with E-state index in [1.165, 1.54) is 17.4 Å². The van der Waals surface area contributed by atoms with Crippen molar-refractivity contribution in [1.29, 1.82) is 0 Å². The molecule has 0 unspecified atom stereocenters. The van der Waals surface area contributed by atoms with E-state index in [0.717, 1.165) is 49.4 Å². The Morgan fingerprint density at radius 1 is 1.12 bits per heavy atom. The van der Waals surface area contributed by atoms with Gasteiger partial charge >= 0.3 is 0 Å². The second-order valence-corrected chi connectivity index (χ2v) is 8.67. The molecular weight excluding hydrogens is 400 g/mol. The highest BCUT2D eigenvalue weighted by atomic mass is 16.3. The van der Waals surface area contributed by atoms with E-state index in [1.807, 2.05) is 22.8 Å². The Balaban J connectivity index is 1.15. The fraction of sp³-hybridized carbons (Fsp3) is 0.360. The van der Waals surface area contributed by atoms with Gasteiger partial charge in [-0.25, -0.2) is 0 Å². The molecule has 1 aliphatic rings. The van der Waals surface area contributed by atoms with E-state index >= 15 is 0 Å². The summed E-state index contributed by atoms with van der Waals surface area (Å²) in [5, 5.41) is 22.4. The van der Waals surface area contributed by atoms with Gasteiger partial charge < -0.3 is 20.3 Å². The molecule has 1 fully saturated rings. The normalized spacial score (nSPS) is 17.8. The third kappa shape index (κ3) is 4.60. The SMILES string of the molecule is OC[C@@H](NC[C@@H]1CCN(CCc2c[nH]c3ccc(-n4cnnc4)cc23)C1)c1ccccc1. The number of hydrogen-bond acceptors (Lipinski definition) is 5. The molecule has 4 aromatic rings. The first-order chi connectivity index (χ1) is 15.8. The van der Waals surface area contributed by atoms with Crippen molar-refractivity contribution in [3.8, 4) is 5.69 Å². The van der Waals surface area contributed by atoms with Gasteiger partial charge in [0, 0.05) is 35.9 Å². The molecule has 32 heavy (non-hydrogen) atoms. The van der Waals surface area contributed by atoms with Crippen LogP contribution in [0.2, 0.25) is 0 Å². The number of nitrogens with zero attached hydrogens (tertiary/aromatic N) is 4. The minimum Gasteiger partial charge on any atom is -0.394 e. The molecule has 0 radical (unpaired) electrons. The van der Waals surface area contributed by atoms with Gasteiger partial charge in [-0.1, -0.05) is 30.3 Å². The van der Waals surface area contributed by atoms with Gasteiger partial charge in [0.1, 0.15) is 12.7 Å². The van der Waals surface area contributed by atoms with Gasteiger partial charge in [-0.2, -0.15) is 0 Å². The van der Waals surface area contributed by atoms with Crippen molar-refractivity contribution in [2.75, 3.05) is 32.8 Å². The number of hydrogen-bond donors (Lipinski definition) is 3. The summed E-state index contributed by atoms with van der Waals surface area (Å²) in [5.41, 5.74) is 4.74. The van der Waals surface area contributed by atoms with Gasteiger partial charge in [-0.15, -0.1) is 10.2 Å². The summed E-state index contributed by atoms with van der Waals surface area (Å²) in [4.78, 5) is 5.97. The first-order valence-electron chi connectivity index (χ1n) is 11.4. The van der Waals surface area contributed by atoms with Gasteiger partial charge in [0.25, 0.3) is 0 Å². The van der Waals surface area contributed by atoms with Gasteiger partial charge in [0.05, 0.1) is 12.6 Å². The van der Waals surface area contributed by atoms with Crippen molar-refractivity contribution in [2.45, 2.75) is 18.9 Å². The summed E-state index contributed by atoms with van der Waals surface area (Å²) in [6, 6.07) is 16.6. The fourth-order valence-electron chi connectivity index (χ4n) is 4.71. The zero-order valence-electron chi connectivity index (χ0n) is 18.2. The monoisotopic (exact) mass is 430 g/mol. The maximum absolute atomic E-state index is 9.78. The van der Waals surface area contributed by atoms with Crippen LogP contribution in [0.4, 0.5) is 0 Å². The summed E-state index contributed by atoms with van der Waals surface area (Å²) in [6.45, 7) is 4.36. The second kappa shape index (κ2) is 9.65. The largest absolute Gasteiger partial charge is 0.394 e. The van der Waals surface area contributed by atoms with Crippen LogP contribution in [-0.2, 0) is 6.42 Å². The molecule has 0 spiro atoms. The maximum atomic E-state index is 9.78. The second-order valence-electron chi connectivity index (χ2n) is 8.67. The van der Waals surface area contributed by atoms with Crippen LogP contribution >= 0.6 is 0 Å². The predicted molar refractivity (Wildman–Crippen MR) is 126 cm³/mol. The number of H-pyrrole nitrogens is 1. The van der Waals surface area contributed by atoms with Crippen LogP contribution in [0, 0.1) is 5.92 Å². The molecule has 1 aliphatic heterocycles. The van der Waals surface area contributed by atoms with E-state index in [4.69, 9.17) is 0 Å². The zero-order valence-corrected chi connectivity index (χ0v) is 18.2. The third-order valence-electron chi connectivity index (χ3n) is 6.57. The van der Waals surface area contributed by atoms with Crippen molar-refractivity contribution >= 4 is 10.9 Å². The standard InChI is InChI=1S/C25H30N6O/c32-16-25(20-4-2-1-3-5-20)26-13-19-8-10-30(15-19)11-9-21-14-27-24-7-6-22(12-23(21)24)31-17-28-29-18-31/h1-7,12,14,17-19,25-27,32H,8-11,13,15-16H2/t19-,25+/m0/s1. The summed E-state index contributed by atoms with van der Waals surface area (Å²) in [6.07, 6.45) is 7.82. The Labute approximate surface area is 188 Å². The quantitative estimate of drug-likeness (QED) is 0.380. The lowest BCUT2D eigenvalue weighted by atomic mass is 10.1. The van der Waals surface area contributed by atoms with Crippen LogP contribution < -0.4 is 5.32 Å². The van der Waals surface area contributed by atoms with Crippen LogP contribution in [0.15, 0.2) is 67.4 Å². The first kappa shape index (κ1) is 20.9. The van der Waals surface area contributed by atoms with E-state index in [-0.39, 0.29) is 12.6 Å². The lowest BCUT2D eigenvalue weighted by Crippen LogP contribution is -2.31. The Bertz CT molecular complexity index is 1120. The van der Waals surface area contributed by atoms with Crippen LogP contribution in [0.25, 0.3) is 16.6 Å². The molecule has 2 atom stereocenters. The predicted octanol–water partition coefficient (Wildman–Crippen LogP) is 2.94. The smallest absolute Gasteiger partial charge is 0.123 e. The molecule has 3 N–H and O–H groups in total. The van der Waals surface area contributed by atoms with Crippen LogP contribution in [-0.4, -0.2) is 62.5 Å². The number of aliphatic hydroxyl groups is 1. The maximum Gasteiger partial charge on any atom is 0.123 e. The van der Waals surface area contributed by atoms with E-state index < -0.39 is 0 Å². The average molecular weight is 431 g/mol. The number of likely N-dealkylation sites (tertiary alicyclic amines) is 1. The number of aromatic nitrogens is 4. The lowest BCUT2D eigenvalue weighted by molar-refractivity contribution is 0.237. The van der Waals surface area contributed by atoms with Crippen molar-refractivity contribution in [3.63, 3.8) is 0 Å². The van der Waals surface area contributed by atoms with E-state index in [1.54, 1.807) is 12.7 Å². The first-order valence-corrected chi connectivity index (χ1v) is 11.4. The van der Waals surface area contributed by atoms with Gasteiger partial charge in [0.15, 0.2) is 0 Å². The molecule has 1 saturated heterocycles. The van der Waals surface area contributed by atoms with Crippen LogP contribution in [0.1, 0.15) is 23.6 Å². The summed E-state index contributed by atoms with van der Waals surface area (Å²) < 4.78 is 1.93. The van der Waals surface area contributed by atoms with E-state index in [0.29, 0.717) is 5.92 Å².